The molecule has 0 amide bonds. The van der Waals surface area contributed by atoms with E-state index in [2.05, 4.69) is 240 Å². The Balaban J connectivity index is 1.05. The van der Waals surface area contributed by atoms with Crippen LogP contribution in [0.15, 0.2) is 229 Å². The number of fused-ring (bicyclic) bond motifs is 9. The predicted molar refractivity (Wildman–Crippen MR) is 274 cm³/mol. The van der Waals surface area contributed by atoms with Crippen LogP contribution in [-0.4, -0.2) is 4.57 Å². The average Bonchev–Trinajstić information content (AvgIpc) is 3.93. The molecule has 65 heavy (non-hydrogen) atoms. The fraction of sp³-hybridized carbons (Fsp3) is 0.0323. The summed E-state index contributed by atoms with van der Waals surface area (Å²) in [5.74, 6) is 1.05. The quantitative estimate of drug-likeness (QED) is 0.149. The molecule has 1 aliphatic carbocycles. The number of para-hydroxylation sites is 4. The lowest BCUT2D eigenvalue weighted by molar-refractivity contribution is 0.546. The van der Waals surface area contributed by atoms with Crippen LogP contribution in [0, 0.1) is 0 Å². The third-order valence-electron chi connectivity index (χ3n) is 13.4. The summed E-state index contributed by atoms with van der Waals surface area (Å²) in [6.45, 7) is 0. The molecule has 0 bridgehead atoms. The largest absolute Gasteiger partial charge is 0.458 e. The van der Waals surface area contributed by atoms with Crippen LogP contribution in [0.4, 0.5) is 17.1 Å². The van der Waals surface area contributed by atoms with E-state index < -0.39 is 0 Å². The van der Waals surface area contributed by atoms with Crippen LogP contribution in [0.5, 0.6) is 0 Å². The summed E-state index contributed by atoms with van der Waals surface area (Å²) < 4.78 is 9.34. The Kier molecular flexibility index (Phi) is 8.67. The summed E-state index contributed by atoms with van der Waals surface area (Å²) in [4.78, 5) is 2.41. The van der Waals surface area contributed by atoms with Crippen LogP contribution in [0.1, 0.15) is 17.7 Å². The maximum absolute atomic E-state index is 6.91. The van der Waals surface area contributed by atoms with Crippen LogP contribution < -0.4 is 4.90 Å². The van der Waals surface area contributed by atoms with E-state index in [9.17, 15) is 0 Å². The van der Waals surface area contributed by atoms with Gasteiger partial charge in [0, 0.05) is 45.1 Å². The van der Waals surface area contributed by atoms with E-state index >= 15 is 0 Å². The molecule has 2 heterocycles. The smallest absolute Gasteiger partial charge is 0.158 e. The number of nitrogens with zero attached hydrogens (tertiary/aromatic N) is 2. The first-order chi connectivity index (χ1) is 32.3. The van der Waals surface area contributed by atoms with Gasteiger partial charge in [0.2, 0.25) is 0 Å². The fourth-order valence-electron chi connectivity index (χ4n) is 10.5. The second-order valence-electron chi connectivity index (χ2n) is 17.1. The van der Waals surface area contributed by atoms with Crippen molar-refractivity contribution in [1.82, 2.24) is 4.57 Å². The van der Waals surface area contributed by atoms with Gasteiger partial charge in [-0.3, -0.25) is 0 Å². The van der Waals surface area contributed by atoms with E-state index in [4.69, 9.17) is 4.42 Å². The first kappa shape index (κ1) is 37.2. The Bertz CT molecular complexity index is 3800. The van der Waals surface area contributed by atoms with Crippen LogP contribution in [0.25, 0.3) is 99.5 Å². The molecule has 0 N–H and O–H groups in total. The first-order valence-corrected chi connectivity index (χ1v) is 22.6. The molecule has 0 aliphatic heterocycles. The van der Waals surface area contributed by atoms with Crippen LogP contribution in [-0.2, 0) is 6.42 Å². The highest BCUT2D eigenvalue weighted by Crippen LogP contribution is 2.47. The first-order valence-electron chi connectivity index (χ1n) is 22.6. The molecular weight excluding hydrogens is 789 g/mol. The highest BCUT2D eigenvalue weighted by molar-refractivity contribution is 6.14. The molecule has 3 heteroatoms. The van der Waals surface area contributed by atoms with Gasteiger partial charge in [0.15, 0.2) is 5.58 Å². The second kappa shape index (κ2) is 15.1. The molecule has 0 saturated heterocycles. The lowest BCUT2D eigenvalue weighted by Gasteiger charge is -2.28. The summed E-state index contributed by atoms with van der Waals surface area (Å²) in [6, 6.07) is 79.7. The number of rotatable bonds is 7. The number of hydrogen-bond donors (Lipinski definition) is 0. The van der Waals surface area contributed by atoms with E-state index in [0.717, 1.165) is 80.1 Å². The van der Waals surface area contributed by atoms with Crippen molar-refractivity contribution >= 4 is 77.5 Å². The van der Waals surface area contributed by atoms with Gasteiger partial charge in [0.1, 0.15) is 5.76 Å². The number of furan rings is 1. The Morgan fingerprint density at radius 2 is 1.06 bits per heavy atom. The van der Waals surface area contributed by atoms with Gasteiger partial charge < -0.3 is 13.9 Å². The highest BCUT2D eigenvalue weighted by atomic mass is 16.3. The van der Waals surface area contributed by atoms with Crippen molar-refractivity contribution < 1.29 is 4.42 Å². The maximum Gasteiger partial charge on any atom is 0.158 e. The summed E-state index contributed by atoms with van der Waals surface area (Å²) in [7, 11) is 0. The molecule has 0 radical (unpaired) electrons. The van der Waals surface area contributed by atoms with Gasteiger partial charge in [0.25, 0.3) is 0 Å². The van der Waals surface area contributed by atoms with Crippen LogP contribution in [0.2, 0.25) is 0 Å². The lowest BCUT2D eigenvalue weighted by atomic mass is 9.92. The van der Waals surface area contributed by atoms with Gasteiger partial charge in [-0.2, -0.15) is 0 Å². The van der Waals surface area contributed by atoms with Crippen molar-refractivity contribution in [3.8, 4) is 39.1 Å². The van der Waals surface area contributed by atoms with Gasteiger partial charge in [-0.05, 0) is 110 Å². The average molecular weight is 831 g/mol. The number of hydrogen-bond acceptors (Lipinski definition) is 2. The van der Waals surface area contributed by atoms with Gasteiger partial charge >= 0.3 is 0 Å². The molecule has 0 atom stereocenters. The molecule has 0 unspecified atom stereocenters. The van der Waals surface area contributed by atoms with Crippen molar-refractivity contribution in [1.29, 1.82) is 0 Å². The Hall–Kier alpha value is -8.40. The monoisotopic (exact) mass is 830 g/mol. The summed E-state index contributed by atoms with van der Waals surface area (Å²) in [5, 5.41) is 8.61. The molecule has 12 aromatic rings. The van der Waals surface area contributed by atoms with E-state index in [-0.39, 0.29) is 0 Å². The minimum atomic E-state index is 0.892. The number of aryl methyl sites for hydroxylation is 1. The number of aromatic nitrogens is 1. The third kappa shape index (κ3) is 6.04. The molecule has 2 aromatic heterocycles. The molecular formula is C62H42N2O. The summed E-state index contributed by atoms with van der Waals surface area (Å²) in [5.41, 5.74) is 15.7. The predicted octanol–water partition coefficient (Wildman–Crippen LogP) is 17.3. The number of allylic oxidation sites excluding steroid dienone is 1. The van der Waals surface area contributed by atoms with Crippen LogP contribution in [0.3, 0.4) is 0 Å². The third-order valence-corrected chi connectivity index (χ3v) is 13.4. The van der Waals surface area contributed by atoms with Crippen molar-refractivity contribution in [2.24, 2.45) is 0 Å². The van der Waals surface area contributed by atoms with Gasteiger partial charge in [-0.25, -0.2) is 0 Å². The Morgan fingerprint density at radius 3 is 1.89 bits per heavy atom. The van der Waals surface area contributed by atoms with E-state index in [0.29, 0.717) is 0 Å². The molecule has 306 valence electrons. The standard InChI is InChI=1S/C62H42N2O/c1-2-18-41(19-3-1)56-40-45(36-37-49(56)50-26-8-12-31-57(50)64-58-32-13-9-27-51(58)52-28-10-14-33-59(52)64)63(60-34-17-30-54-53-29-11-15-35-61(53)65-62(54)60)44-22-16-21-42(38-44)55-39-43-20-4-5-23-46(43)47-24-6-7-25-48(47)55/h1-14,16-34,36-40H,15,35H2. The van der Waals surface area contributed by atoms with E-state index in [1.165, 1.54) is 54.5 Å². The molecule has 0 fully saturated rings. The molecule has 13 rings (SSSR count). The molecule has 10 aromatic carbocycles. The van der Waals surface area contributed by atoms with Crippen molar-refractivity contribution in [2.75, 3.05) is 4.90 Å². The molecule has 0 spiro atoms. The highest BCUT2D eigenvalue weighted by Gasteiger charge is 2.25. The zero-order valence-corrected chi connectivity index (χ0v) is 35.7. The second-order valence-corrected chi connectivity index (χ2v) is 17.1. The lowest BCUT2D eigenvalue weighted by Crippen LogP contribution is -2.11. The minimum absolute atomic E-state index is 0.892. The van der Waals surface area contributed by atoms with Crippen molar-refractivity contribution in [2.45, 2.75) is 12.8 Å². The zero-order chi connectivity index (χ0) is 42.8. The van der Waals surface area contributed by atoms with Crippen molar-refractivity contribution in [3.63, 3.8) is 0 Å². The van der Waals surface area contributed by atoms with Crippen molar-refractivity contribution in [3.05, 3.63) is 236 Å². The molecule has 3 nitrogen and oxygen atoms in total. The summed E-state index contributed by atoms with van der Waals surface area (Å²) in [6.07, 6.45) is 6.37. The topological polar surface area (TPSA) is 21.3 Å². The van der Waals surface area contributed by atoms with Gasteiger partial charge in [-0.15, -0.1) is 0 Å². The summed E-state index contributed by atoms with van der Waals surface area (Å²) >= 11 is 0. The van der Waals surface area contributed by atoms with E-state index in [1.54, 1.807) is 0 Å². The van der Waals surface area contributed by atoms with E-state index in [1.807, 2.05) is 0 Å². The molecule has 0 saturated carbocycles. The zero-order valence-electron chi connectivity index (χ0n) is 35.7. The Labute approximate surface area is 377 Å². The minimum Gasteiger partial charge on any atom is -0.458 e. The fourth-order valence-corrected chi connectivity index (χ4v) is 10.5. The van der Waals surface area contributed by atoms with Gasteiger partial charge in [-0.1, -0.05) is 176 Å². The Morgan fingerprint density at radius 1 is 0.415 bits per heavy atom. The number of benzene rings is 10. The maximum atomic E-state index is 6.91. The van der Waals surface area contributed by atoms with Crippen LogP contribution >= 0.6 is 0 Å². The SMILES string of the molecule is C1=Cc2c(oc3c(N(c4cccc(-c5cc6ccccc6c6ccccc56)c4)c4ccc(-c5ccccc5-n5c6ccccc6c6ccccc65)c(-c5ccccc5)c4)cccc23)CC1. The normalized spacial score (nSPS) is 12.4. The van der Waals surface area contributed by atoms with Gasteiger partial charge in [0.05, 0.1) is 22.4 Å². The number of anilines is 3. The molecule has 1 aliphatic rings.